The second-order valence-electron chi connectivity index (χ2n) is 3.70. The fraction of sp³-hybridized carbons (Fsp3) is 0.273. The van der Waals surface area contributed by atoms with Gasteiger partial charge in [-0.2, -0.15) is 0 Å². The molecule has 0 bridgehead atoms. The van der Waals surface area contributed by atoms with Gasteiger partial charge in [-0.15, -0.1) is 0 Å². The summed E-state index contributed by atoms with van der Waals surface area (Å²) in [7, 11) is 0. The fourth-order valence-electron chi connectivity index (χ4n) is 2.19. The van der Waals surface area contributed by atoms with Crippen LogP contribution in [-0.2, 0) is 6.54 Å². The molecule has 0 radical (unpaired) electrons. The van der Waals surface area contributed by atoms with Crippen LogP contribution in [0.4, 0.5) is 0 Å². The van der Waals surface area contributed by atoms with Crippen LogP contribution in [0, 0.1) is 0 Å². The van der Waals surface area contributed by atoms with Crippen molar-refractivity contribution in [2.45, 2.75) is 19.1 Å². The average Bonchev–Trinajstić information content (AvgIpc) is 2.69. The first kappa shape index (κ1) is 8.50. The Morgan fingerprint density at radius 3 is 3.14 bits per heavy atom. The Balaban J connectivity index is 2.40. The van der Waals surface area contributed by atoms with Gasteiger partial charge in [0.2, 0.25) is 0 Å². The van der Waals surface area contributed by atoms with Gasteiger partial charge < -0.3 is 9.67 Å². The smallest absolute Gasteiger partial charge is 0.0957 e. The first-order valence-corrected chi connectivity index (χ1v) is 5.52. The molecular formula is C11H10BrNO. The molecule has 1 aromatic carbocycles. The molecule has 1 atom stereocenters. The highest BCUT2D eigenvalue weighted by Crippen LogP contribution is 2.35. The van der Waals surface area contributed by atoms with E-state index in [1.807, 2.05) is 12.1 Å². The molecule has 3 rings (SSSR count). The highest BCUT2D eigenvalue weighted by Gasteiger charge is 2.22. The molecule has 1 N–H and O–H groups in total. The minimum absolute atomic E-state index is 0.283. The molecule has 2 nitrogen and oxygen atoms in total. The minimum atomic E-state index is -0.283. The van der Waals surface area contributed by atoms with E-state index in [2.05, 4.69) is 32.6 Å². The molecule has 0 saturated carbocycles. The van der Waals surface area contributed by atoms with Gasteiger partial charge in [-0.1, -0.05) is 22.0 Å². The molecule has 1 aliphatic heterocycles. The number of aliphatic hydroxyl groups is 1. The van der Waals surface area contributed by atoms with Crippen molar-refractivity contribution in [3.05, 3.63) is 34.4 Å². The summed E-state index contributed by atoms with van der Waals surface area (Å²) < 4.78 is 3.30. The number of halogens is 1. The van der Waals surface area contributed by atoms with Gasteiger partial charge in [-0.25, -0.2) is 0 Å². The summed E-state index contributed by atoms with van der Waals surface area (Å²) in [4.78, 5) is 0. The first-order chi connectivity index (χ1) is 6.77. The first-order valence-electron chi connectivity index (χ1n) is 4.73. The number of benzene rings is 1. The van der Waals surface area contributed by atoms with E-state index in [9.17, 15) is 5.11 Å². The molecule has 72 valence electrons. The molecule has 0 spiro atoms. The normalized spacial score (nSPS) is 20.3. The predicted octanol–water partition coefficient (Wildman–Crippen LogP) is 2.84. The van der Waals surface area contributed by atoms with Crippen molar-refractivity contribution in [2.24, 2.45) is 0 Å². The van der Waals surface area contributed by atoms with Gasteiger partial charge >= 0.3 is 0 Å². The number of aliphatic hydroxyl groups excluding tert-OH is 1. The van der Waals surface area contributed by atoms with Crippen LogP contribution in [0.25, 0.3) is 10.9 Å². The van der Waals surface area contributed by atoms with Crippen LogP contribution in [0.3, 0.4) is 0 Å². The summed E-state index contributed by atoms with van der Waals surface area (Å²) >= 11 is 3.52. The number of aryl methyl sites for hydroxylation is 1. The summed E-state index contributed by atoms with van der Waals surface area (Å²) in [6.45, 7) is 0.927. The molecule has 0 aliphatic carbocycles. The molecule has 1 aromatic heterocycles. The van der Waals surface area contributed by atoms with E-state index < -0.39 is 0 Å². The van der Waals surface area contributed by atoms with E-state index in [4.69, 9.17) is 0 Å². The van der Waals surface area contributed by atoms with Crippen molar-refractivity contribution in [1.82, 2.24) is 4.57 Å². The van der Waals surface area contributed by atoms with Crippen LogP contribution in [0.5, 0.6) is 0 Å². The molecule has 0 amide bonds. The molecule has 1 aliphatic rings. The van der Waals surface area contributed by atoms with Crippen LogP contribution in [-0.4, -0.2) is 9.67 Å². The third kappa shape index (κ3) is 0.996. The molecule has 2 heterocycles. The zero-order valence-corrected chi connectivity index (χ0v) is 9.16. The molecule has 3 heteroatoms. The van der Waals surface area contributed by atoms with Crippen molar-refractivity contribution in [1.29, 1.82) is 0 Å². The Kier molecular flexibility index (Phi) is 1.73. The van der Waals surface area contributed by atoms with Gasteiger partial charge in [0.1, 0.15) is 0 Å². The van der Waals surface area contributed by atoms with E-state index in [1.165, 1.54) is 10.9 Å². The van der Waals surface area contributed by atoms with Crippen LogP contribution in [0.15, 0.2) is 28.7 Å². The lowest BCUT2D eigenvalue weighted by Gasteiger charge is -1.99. The van der Waals surface area contributed by atoms with Gasteiger partial charge in [0.25, 0.3) is 0 Å². The van der Waals surface area contributed by atoms with Gasteiger partial charge in [0, 0.05) is 27.6 Å². The minimum Gasteiger partial charge on any atom is -0.387 e. The van der Waals surface area contributed by atoms with Gasteiger partial charge in [0.15, 0.2) is 0 Å². The third-order valence-corrected chi connectivity index (χ3v) is 3.58. The van der Waals surface area contributed by atoms with Crippen molar-refractivity contribution < 1.29 is 5.11 Å². The van der Waals surface area contributed by atoms with E-state index in [-0.39, 0.29) is 6.10 Å². The average molecular weight is 252 g/mol. The zero-order chi connectivity index (χ0) is 9.71. The molecule has 2 aromatic rings. The Morgan fingerprint density at radius 2 is 2.29 bits per heavy atom. The SMILES string of the molecule is OC1CCn2c1cc1c(Br)cccc12. The second kappa shape index (κ2) is 2.84. The third-order valence-electron chi connectivity index (χ3n) is 2.89. The lowest BCUT2D eigenvalue weighted by atomic mass is 10.2. The molecular weight excluding hydrogens is 242 g/mol. The predicted molar refractivity (Wildman–Crippen MR) is 59.2 cm³/mol. The van der Waals surface area contributed by atoms with Crippen LogP contribution >= 0.6 is 15.9 Å². The largest absolute Gasteiger partial charge is 0.387 e. The summed E-state index contributed by atoms with van der Waals surface area (Å²) in [6, 6.07) is 8.24. The summed E-state index contributed by atoms with van der Waals surface area (Å²) in [5.41, 5.74) is 2.26. The Labute approximate surface area is 90.3 Å². The second-order valence-corrected chi connectivity index (χ2v) is 4.55. The molecule has 1 unspecified atom stereocenters. The topological polar surface area (TPSA) is 25.2 Å². The number of hydrogen-bond acceptors (Lipinski definition) is 1. The number of fused-ring (bicyclic) bond motifs is 3. The van der Waals surface area contributed by atoms with Gasteiger partial charge in [-0.3, -0.25) is 0 Å². The van der Waals surface area contributed by atoms with E-state index >= 15 is 0 Å². The maximum Gasteiger partial charge on any atom is 0.0957 e. The maximum atomic E-state index is 9.74. The summed E-state index contributed by atoms with van der Waals surface area (Å²) in [5, 5.41) is 10.9. The quantitative estimate of drug-likeness (QED) is 0.766. The van der Waals surface area contributed by atoms with Crippen LogP contribution in [0.1, 0.15) is 18.2 Å². The Hall–Kier alpha value is -0.800. The van der Waals surface area contributed by atoms with Crippen molar-refractivity contribution in [2.75, 3.05) is 0 Å². The Morgan fingerprint density at radius 1 is 1.43 bits per heavy atom. The Bertz CT molecular complexity index is 503. The monoisotopic (exact) mass is 251 g/mol. The van der Waals surface area contributed by atoms with Crippen molar-refractivity contribution in [3.8, 4) is 0 Å². The van der Waals surface area contributed by atoms with E-state index in [1.54, 1.807) is 0 Å². The lowest BCUT2D eigenvalue weighted by Crippen LogP contribution is -1.91. The van der Waals surface area contributed by atoms with E-state index in [0.29, 0.717) is 0 Å². The number of rotatable bonds is 0. The van der Waals surface area contributed by atoms with Gasteiger partial charge in [0.05, 0.1) is 6.10 Å². The fourth-order valence-corrected chi connectivity index (χ4v) is 2.66. The summed E-state index contributed by atoms with van der Waals surface area (Å²) in [6.07, 6.45) is 0.562. The van der Waals surface area contributed by atoms with Crippen LogP contribution < -0.4 is 0 Å². The number of nitrogens with zero attached hydrogens (tertiary/aromatic N) is 1. The molecule has 14 heavy (non-hydrogen) atoms. The van der Waals surface area contributed by atoms with Crippen LogP contribution in [0.2, 0.25) is 0 Å². The number of hydrogen-bond donors (Lipinski definition) is 1. The lowest BCUT2D eigenvalue weighted by molar-refractivity contribution is 0.180. The maximum absolute atomic E-state index is 9.74. The van der Waals surface area contributed by atoms with Crippen molar-refractivity contribution in [3.63, 3.8) is 0 Å². The molecule has 0 fully saturated rings. The highest BCUT2D eigenvalue weighted by atomic mass is 79.9. The zero-order valence-electron chi connectivity index (χ0n) is 7.57. The van der Waals surface area contributed by atoms with Gasteiger partial charge in [-0.05, 0) is 24.6 Å². The highest BCUT2D eigenvalue weighted by molar-refractivity contribution is 9.10. The standard InChI is InChI=1S/C11H10BrNO/c12-8-2-1-3-9-7(8)6-10-11(14)4-5-13(9)10/h1-3,6,11,14H,4-5H2. The van der Waals surface area contributed by atoms with Crippen molar-refractivity contribution >= 4 is 26.8 Å². The van der Waals surface area contributed by atoms with E-state index in [0.717, 1.165) is 23.1 Å². The molecule has 0 saturated heterocycles. The number of aromatic nitrogens is 1. The summed E-state index contributed by atoms with van der Waals surface area (Å²) in [5.74, 6) is 0.